The van der Waals surface area contributed by atoms with Gasteiger partial charge in [-0.3, -0.25) is 0 Å². The minimum Gasteiger partial charge on any atom is -0.369 e. The van der Waals surface area contributed by atoms with Crippen LogP contribution < -0.4 is 5.32 Å². The Kier molecular flexibility index (Phi) is 2.02. The van der Waals surface area contributed by atoms with Crippen LogP contribution in [0.25, 0.3) is 11.0 Å². The Morgan fingerprint density at radius 2 is 2.33 bits per heavy atom. The van der Waals surface area contributed by atoms with E-state index in [1.54, 1.807) is 0 Å². The molecule has 78 valence electrons. The van der Waals surface area contributed by atoms with Gasteiger partial charge in [0.05, 0.1) is 5.39 Å². The van der Waals surface area contributed by atoms with Gasteiger partial charge in [0.1, 0.15) is 11.5 Å². The summed E-state index contributed by atoms with van der Waals surface area (Å²) in [6.07, 6.45) is 4.49. The molecule has 15 heavy (non-hydrogen) atoms. The smallest absolute Gasteiger partial charge is 0.226 e. The predicted octanol–water partition coefficient (Wildman–Crippen LogP) is 2.43. The lowest BCUT2D eigenvalue weighted by Crippen LogP contribution is -2.05. The van der Waals surface area contributed by atoms with Gasteiger partial charge >= 0.3 is 0 Å². The average molecular weight is 223 g/mol. The summed E-state index contributed by atoms with van der Waals surface area (Å²) in [7, 11) is 0. The van der Waals surface area contributed by atoms with Crippen molar-refractivity contribution in [3.8, 4) is 0 Å². The summed E-state index contributed by atoms with van der Waals surface area (Å²) in [5.41, 5.74) is 0.785. The van der Waals surface area contributed by atoms with Gasteiger partial charge in [-0.1, -0.05) is 0 Å². The Labute approximate surface area is 92.1 Å². The fourth-order valence-corrected chi connectivity index (χ4v) is 1.78. The van der Waals surface area contributed by atoms with Crippen molar-refractivity contribution in [1.82, 2.24) is 15.0 Å². The number of H-pyrrole nitrogens is 1. The average Bonchev–Trinajstić information content (AvgIpc) is 2.92. The standard InChI is InChI=1S/C10H11ClN4/c11-10-14-8-7(3-4-12-8)9(15-10)13-5-6-1-2-6/h3-4,6H,1-2,5H2,(H2,12,13,14,15). The molecule has 0 spiro atoms. The summed E-state index contributed by atoms with van der Waals surface area (Å²) < 4.78 is 0. The molecule has 0 unspecified atom stereocenters. The molecular weight excluding hydrogens is 212 g/mol. The molecule has 4 nitrogen and oxygen atoms in total. The first-order chi connectivity index (χ1) is 7.33. The molecule has 0 aliphatic heterocycles. The van der Waals surface area contributed by atoms with Crippen LogP contribution in [0.3, 0.4) is 0 Å². The van der Waals surface area contributed by atoms with Gasteiger partial charge in [0.15, 0.2) is 0 Å². The third-order valence-corrected chi connectivity index (χ3v) is 2.81. The third-order valence-electron chi connectivity index (χ3n) is 2.64. The topological polar surface area (TPSA) is 53.6 Å². The molecular formula is C10H11ClN4. The molecule has 0 radical (unpaired) electrons. The number of aromatic amines is 1. The Hall–Kier alpha value is -1.29. The maximum absolute atomic E-state index is 5.83. The van der Waals surface area contributed by atoms with Crippen LogP contribution in [0.2, 0.25) is 5.28 Å². The van der Waals surface area contributed by atoms with E-state index in [1.165, 1.54) is 12.8 Å². The van der Waals surface area contributed by atoms with Gasteiger partial charge in [0.2, 0.25) is 5.28 Å². The molecule has 0 atom stereocenters. The number of hydrogen-bond acceptors (Lipinski definition) is 3. The van der Waals surface area contributed by atoms with E-state index in [4.69, 9.17) is 11.6 Å². The second-order valence-corrected chi connectivity index (χ2v) is 4.24. The second kappa shape index (κ2) is 3.38. The fourth-order valence-electron chi connectivity index (χ4n) is 1.61. The van der Waals surface area contributed by atoms with Crippen molar-refractivity contribution in [3.63, 3.8) is 0 Å². The number of fused-ring (bicyclic) bond motifs is 1. The van der Waals surface area contributed by atoms with Crippen LogP contribution >= 0.6 is 11.6 Å². The van der Waals surface area contributed by atoms with E-state index in [1.807, 2.05) is 12.3 Å². The van der Waals surface area contributed by atoms with Crippen molar-refractivity contribution in [3.05, 3.63) is 17.5 Å². The van der Waals surface area contributed by atoms with Crippen molar-refractivity contribution in [1.29, 1.82) is 0 Å². The lowest BCUT2D eigenvalue weighted by atomic mass is 10.3. The van der Waals surface area contributed by atoms with Crippen LogP contribution in [0, 0.1) is 5.92 Å². The quantitative estimate of drug-likeness (QED) is 0.785. The summed E-state index contributed by atoms with van der Waals surface area (Å²) in [6.45, 7) is 0.980. The number of rotatable bonds is 3. The number of anilines is 1. The van der Waals surface area contributed by atoms with Gasteiger partial charge < -0.3 is 10.3 Å². The van der Waals surface area contributed by atoms with Crippen molar-refractivity contribution in [2.24, 2.45) is 5.92 Å². The minimum atomic E-state index is 0.281. The lowest BCUT2D eigenvalue weighted by Gasteiger charge is -2.05. The van der Waals surface area contributed by atoms with Crippen LogP contribution in [-0.4, -0.2) is 21.5 Å². The van der Waals surface area contributed by atoms with E-state index in [-0.39, 0.29) is 5.28 Å². The maximum atomic E-state index is 5.83. The second-order valence-electron chi connectivity index (χ2n) is 3.91. The minimum absolute atomic E-state index is 0.281. The number of aromatic nitrogens is 3. The highest BCUT2D eigenvalue weighted by Crippen LogP contribution is 2.29. The summed E-state index contributed by atoms with van der Waals surface area (Å²) in [5, 5.41) is 4.60. The molecule has 0 bridgehead atoms. The Morgan fingerprint density at radius 3 is 3.13 bits per heavy atom. The van der Waals surface area contributed by atoms with Gasteiger partial charge in [0, 0.05) is 12.7 Å². The fraction of sp³-hybridized carbons (Fsp3) is 0.400. The zero-order valence-electron chi connectivity index (χ0n) is 8.13. The number of halogens is 1. The molecule has 0 amide bonds. The Balaban J connectivity index is 1.95. The number of nitrogens with one attached hydrogen (secondary N) is 2. The van der Waals surface area contributed by atoms with E-state index < -0.39 is 0 Å². The van der Waals surface area contributed by atoms with Gasteiger partial charge in [-0.2, -0.15) is 4.98 Å². The summed E-state index contributed by atoms with van der Waals surface area (Å²) in [6, 6.07) is 1.96. The van der Waals surface area contributed by atoms with Crippen LogP contribution in [0.1, 0.15) is 12.8 Å². The first kappa shape index (κ1) is 8.97. The van der Waals surface area contributed by atoms with Gasteiger partial charge in [-0.05, 0) is 36.4 Å². The van der Waals surface area contributed by atoms with Crippen LogP contribution in [0.5, 0.6) is 0 Å². The first-order valence-electron chi connectivity index (χ1n) is 5.07. The van der Waals surface area contributed by atoms with Crippen molar-refractivity contribution < 1.29 is 0 Å². The van der Waals surface area contributed by atoms with Crippen molar-refractivity contribution in [2.45, 2.75) is 12.8 Å². The first-order valence-corrected chi connectivity index (χ1v) is 5.45. The van der Waals surface area contributed by atoms with Gasteiger partial charge in [-0.25, -0.2) is 4.98 Å². The molecule has 0 aromatic carbocycles. The monoisotopic (exact) mass is 222 g/mol. The largest absolute Gasteiger partial charge is 0.369 e. The maximum Gasteiger partial charge on any atom is 0.226 e. The highest BCUT2D eigenvalue weighted by atomic mass is 35.5. The molecule has 1 aliphatic carbocycles. The Bertz CT molecular complexity index is 489. The van der Waals surface area contributed by atoms with Crippen molar-refractivity contribution in [2.75, 3.05) is 11.9 Å². The molecule has 1 aliphatic rings. The summed E-state index contributed by atoms with van der Waals surface area (Å²) >= 11 is 5.83. The SMILES string of the molecule is Clc1nc(NCC2CC2)c2cc[nH]c2n1. The molecule has 5 heteroatoms. The normalized spacial score (nSPS) is 15.8. The molecule has 1 fully saturated rings. The third kappa shape index (κ3) is 1.77. The number of hydrogen-bond donors (Lipinski definition) is 2. The van der Waals surface area contributed by atoms with Crippen LogP contribution in [-0.2, 0) is 0 Å². The van der Waals surface area contributed by atoms with E-state index in [2.05, 4.69) is 20.3 Å². The van der Waals surface area contributed by atoms with Crippen molar-refractivity contribution >= 4 is 28.5 Å². The highest BCUT2D eigenvalue weighted by molar-refractivity contribution is 6.28. The van der Waals surface area contributed by atoms with E-state index in [0.29, 0.717) is 0 Å². The van der Waals surface area contributed by atoms with Crippen LogP contribution in [0.15, 0.2) is 12.3 Å². The summed E-state index contributed by atoms with van der Waals surface area (Å²) in [5.74, 6) is 1.64. The highest BCUT2D eigenvalue weighted by Gasteiger charge is 2.21. The molecule has 2 aromatic heterocycles. The number of nitrogens with zero attached hydrogens (tertiary/aromatic N) is 2. The summed E-state index contributed by atoms with van der Waals surface area (Å²) in [4.78, 5) is 11.3. The molecule has 3 rings (SSSR count). The molecule has 1 saturated carbocycles. The van der Waals surface area contributed by atoms with E-state index in [0.717, 1.165) is 29.3 Å². The van der Waals surface area contributed by atoms with E-state index >= 15 is 0 Å². The lowest BCUT2D eigenvalue weighted by molar-refractivity contribution is 0.884. The molecule has 2 aromatic rings. The van der Waals surface area contributed by atoms with Gasteiger partial charge in [-0.15, -0.1) is 0 Å². The molecule has 2 heterocycles. The zero-order chi connectivity index (χ0) is 10.3. The molecule has 0 saturated heterocycles. The van der Waals surface area contributed by atoms with Gasteiger partial charge in [0.25, 0.3) is 0 Å². The predicted molar refractivity (Wildman–Crippen MR) is 60.1 cm³/mol. The Morgan fingerprint density at radius 1 is 1.47 bits per heavy atom. The zero-order valence-corrected chi connectivity index (χ0v) is 8.88. The molecule has 2 N–H and O–H groups in total. The van der Waals surface area contributed by atoms with Crippen LogP contribution in [0.4, 0.5) is 5.82 Å². The van der Waals surface area contributed by atoms with E-state index in [9.17, 15) is 0 Å².